The third kappa shape index (κ3) is 5.52. The Kier molecular flexibility index (Phi) is 7.66. The van der Waals surface area contributed by atoms with Gasteiger partial charge in [-0.2, -0.15) is 0 Å². The predicted molar refractivity (Wildman–Crippen MR) is 142 cm³/mol. The lowest BCUT2D eigenvalue weighted by Crippen LogP contribution is -2.43. The number of aromatic nitrogens is 5. The number of aryl methyl sites for hydroxylation is 1. The predicted octanol–water partition coefficient (Wildman–Crippen LogP) is 2.59. The summed E-state index contributed by atoms with van der Waals surface area (Å²) in [6.45, 7) is 1.61. The lowest BCUT2D eigenvalue weighted by Gasteiger charge is -2.12. The molecule has 2 aromatic heterocycles. The molecular formula is C24H22N5O8S3-. The summed E-state index contributed by atoms with van der Waals surface area (Å²) < 4.78 is 82.0. The highest BCUT2D eigenvalue weighted by molar-refractivity contribution is 7.86. The number of hydrogen-bond donors (Lipinski definition) is 0. The van der Waals surface area contributed by atoms with E-state index in [0.29, 0.717) is 22.0 Å². The van der Waals surface area contributed by atoms with Crippen molar-refractivity contribution in [1.82, 2.24) is 20.0 Å². The minimum Gasteiger partial charge on any atom is -0.744 e. The number of ether oxygens (including phenoxy) is 2. The van der Waals surface area contributed by atoms with Crippen molar-refractivity contribution >= 4 is 41.8 Å². The second-order valence-electron chi connectivity index (χ2n) is 8.21. The number of tetrazole rings is 1. The van der Waals surface area contributed by atoms with Gasteiger partial charge in [-0.1, -0.05) is 23.7 Å². The van der Waals surface area contributed by atoms with Crippen LogP contribution in [0.15, 0.2) is 64.4 Å². The van der Waals surface area contributed by atoms with E-state index in [1.165, 1.54) is 53.3 Å². The molecule has 0 fully saturated rings. The van der Waals surface area contributed by atoms with Gasteiger partial charge in [-0.25, -0.2) is 16.8 Å². The van der Waals surface area contributed by atoms with E-state index in [2.05, 4.69) is 15.2 Å². The summed E-state index contributed by atoms with van der Waals surface area (Å²) in [7, 11) is -6.94. The van der Waals surface area contributed by atoms with Crippen molar-refractivity contribution in [3.05, 3.63) is 60.2 Å². The molecule has 16 heteroatoms. The zero-order valence-electron chi connectivity index (χ0n) is 20.4. The van der Waals surface area contributed by atoms with Gasteiger partial charge in [0.2, 0.25) is 0 Å². The molecular weight excluding hydrogens is 582 g/mol. The largest absolute Gasteiger partial charge is 0.744 e. The van der Waals surface area contributed by atoms with Crippen molar-refractivity contribution in [3.8, 4) is 33.7 Å². The second-order valence-corrected chi connectivity index (χ2v) is 11.9. The van der Waals surface area contributed by atoms with Gasteiger partial charge in [0, 0.05) is 16.7 Å². The number of benzene rings is 3. The van der Waals surface area contributed by atoms with Crippen molar-refractivity contribution in [2.24, 2.45) is 0 Å². The van der Waals surface area contributed by atoms with E-state index in [1.54, 1.807) is 31.2 Å². The van der Waals surface area contributed by atoms with Crippen LogP contribution in [0.5, 0.6) is 11.5 Å². The molecule has 0 aliphatic carbocycles. The first kappa shape index (κ1) is 29.0. The summed E-state index contributed by atoms with van der Waals surface area (Å²) in [5.41, 5.74) is 1.42. The molecule has 0 aliphatic rings. The van der Waals surface area contributed by atoms with Gasteiger partial charge in [-0.15, -0.1) is 0 Å². The first-order valence-electron chi connectivity index (χ1n) is 10.9. The maximum Gasteiger partial charge on any atom is 0.365 e. The van der Waals surface area contributed by atoms with Crippen LogP contribution in [0.4, 0.5) is 0 Å². The number of fused-ring (bicyclic) bond motifs is 1. The van der Waals surface area contributed by atoms with Crippen LogP contribution in [0.3, 0.4) is 0 Å². The van der Waals surface area contributed by atoms with Gasteiger partial charge in [-0.05, 0) is 75.7 Å². The highest BCUT2D eigenvalue weighted by Crippen LogP contribution is 2.29. The molecule has 0 saturated carbocycles. The van der Waals surface area contributed by atoms with Crippen molar-refractivity contribution in [1.29, 1.82) is 0 Å². The highest BCUT2D eigenvalue weighted by atomic mass is 32.2. The summed E-state index contributed by atoms with van der Waals surface area (Å²) in [6, 6.07) is 13.1. The molecule has 0 N–H and O–H groups in total. The van der Waals surface area contributed by atoms with Crippen LogP contribution in [0.2, 0.25) is 0 Å². The van der Waals surface area contributed by atoms with E-state index in [9.17, 15) is 25.9 Å². The number of thiazole rings is 1. The monoisotopic (exact) mass is 604 g/mol. The molecule has 0 amide bonds. The van der Waals surface area contributed by atoms with Crippen LogP contribution in [0.25, 0.3) is 32.4 Å². The Morgan fingerprint density at radius 3 is 2.33 bits per heavy atom. The van der Waals surface area contributed by atoms with E-state index < -0.39 is 30.0 Å². The Morgan fingerprint density at radius 2 is 1.68 bits per heavy atom. The molecule has 3 aromatic carbocycles. The summed E-state index contributed by atoms with van der Waals surface area (Å²) in [4.78, 5) is 5.97. The Morgan fingerprint density at radius 1 is 0.925 bits per heavy atom. The van der Waals surface area contributed by atoms with Crippen LogP contribution in [0, 0.1) is 6.92 Å². The standard InChI is InChI=1S/C23H19N5O8S3.CH4/c1-13-8-14(10-17(9-13)38(29,30)31)22-25-27(15-4-7-19(36-3)21(11-15)39(32,33)34)28(26-22)23-24-18-6-5-16(35-2)12-20(18)37-23;/h4-12H,1-3H3,(H-,29,30,31,32,33,34);1H4/p-1. The molecule has 2 heterocycles. The average molecular weight is 605 g/mol. The zero-order chi connectivity index (χ0) is 28.1. The molecule has 0 radical (unpaired) electrons. The number of methoxy groups -OCH3 is 2. The molecule has 40 heavy (non-hydrogen) atoms. The van der Waals surface area contributed by atoms with Crippen LogP contribution in [-0.4, -0.2) is 60.1 Å². The van der Waals surface area contributed by atoms with Gasteiger partial charge in [-0.3, -0.25) is 0 Å². The number of nitrogens with zero attached hydrogens (tertiary/aromatic N) is 5. The Hall–Kier alpha value is -3.96. The highest BCUT2D eigenvalue weighted by Gasteiger charge is 2.26. The molecule has 0 aliphatic heterocycles. The Labute approximate surface area is 233 Å². The fraction of sp³-hybridized carbons (Fsp3) is 0.167. The zero-order valence-corrected chi connectivity index (χ0v) is 22.9. The third-order valence-electron chi connectivity index (χ3n) is 5.56. The van der Waals surface area contributed by atoms with Crippen LogP contribution in [0.1, 0.15) is 13.0 Å². The molecule has 0 atom stereocenters. The molecule has 210 valence electrons. The molecule has 5 aromatic rings. The van der Waals surface area contributed by atoms with Crippen molar-refractivity contribution in [2.45, 2.75) is 24.1 Å². The van der Waals surface area contributed by atoms with Crippen molar-refractivity contribution < 1.29 is 40.2 Å². The van der Waals surface area contributed by atoms with Gasteiger partial charge in [0.05, 0.1) is 28.7 Å². The maximum absolute atomic E-state index is 11.9. The molecule has 0 saturated heterocycles. The smallest absolute Gasteiger partial charge is 0.365 e. The number of hydrogen-bond acceptors (Lipinski definition) is 12. The minimum atomic E-state index is -4.93. The van der Waals surface area contributed by atoms with Gasteiger partial charge in [0.15, 0.2) is 5.52 Å². The molecule has 0 unspecified atom stereocenters. The lowest BCUT2D eigenvalue weighted by molar-refractivity contribution is -0.734. The summed E-state index contributed by atoms with van der Waals surface area (Å²) in [5, 5.41) is 9.25. The van der Waals surface area contributed by atoms with Crippen molar-refractivity contribution in [3.63, 3.8) is 0 Å². The van der Waals surface area contributed by atoms with E-state index in [0.717, 1.165) is 16.8 Å². The average Bonchev–Trinajstić information content (AvgIpc) is 3.51. The van der Waals surface area contributed by atoms with Crippen LogP contribution >= 0.6 is 11.3 Å². The van der Waals surface area contributed by atoms with Gasteiger partial charge in [0.1, 0.15) is 37.4 Å². The molecule has 13 nitrogen and oxygen atoms in total. The minimum absolute atomic E-state index is 0. The fourth-order valence-electron chi connectivity index (χ4n) is 3.80. The SMILES string of the molecule is C.COc1ccc2nc(-[n+]3nc(-c4cc(C)cc(S(=O)(=O)[O-])c4)nn3-c3ccc(OC)c(S(=O)(=O)[O-])c3)sc2c1. The van der Waals surface area contributed by atoms with Crippen LogP contribution < -0.4 is 14.3 Å². The summed E-state index contributed by atoms with van der Waals surface area (Å²) in [6.07, 6.45) is 0. The van der Waals surface area contributed by atoms with Gasteiger partial charge >= 0.3 is 5.13 Å². The first-order valence-corrected chi connectivity index (χ1v) is 14.6. The van der Waals surface area contributed by atoms with Crippen molar-refractivity contribution in [2.75, 3.05) is 14.2 Å². The maximum atomic E-state index is 11.9. The summed E-state index contributed by atoms with van der Waals surface area (Å²) >= 11 is 1.22. The first-order chi connectivity index (χ1) is 18.4. The van der Waals surface area contributed by atoms with Gasteiger partial charge in [0.25, 0.3) is 5.82 Å². The Bertz CT molecular complexity index is 1970. The topological polar surface area (TPSA) is 180 Å². The van der Waals surface area contributed by atoms with Crippen LogP contribution in [-0.2, 0) is 20.2 Å². The van der Waals surface area contributed by atoms with E-state index >= 15 is 0 Å². The summed E-state index contributed by atoms with van der Waals surface area (Å²) in [5.74, 6) is 0.455. The third-order valence-corrected chi connectivity index (χ3v) is 8.21. The quantitative estimate of drug-likeness (QED) is 0.197. The Balaban J connectivity index is 0.00000370. The van der Waals surface area contributed by atoms with E-state index in [1.807, 2.05) is 0 Å². The fourth-order valence-corrected chi connectivity index (χ4v) is 6.00. The molecule has 0 spiro atoms. The molecule has 5 rings (SSSR count). The number of rotatable bonds is 7. The van der Waals surface area contributed by atoms with E-state index in [4.69, 9.17) is 9.47 Å². The molecule has 0 bridgehead atoms. The van der Waals surface area contributed by atoms with E-state index in [-0.39, 0.29) is 30.3 Å². The lowest BCUT2D eigenvalue weighted by atomic mass is 10.1. The second kappa shape index (κ2) is 10.5. The normalized spacial score (nSPS) is 11.8. The van der Waals surface area contributed by atoms with Gasteiger partial charge < -0.3 is 18.6 Å².